The molecule has 1 aliphatic carbocycles. The molecule has 5 nitrogen and oxygen atoms in total. The second kappa shape index (κ2) is 9.95. The van der Waals surface area contributed by atoms with Crippen molar-refractivity contribution in [3.63, 3.8) is 0 Å². The van der Waals surface area contributed by atoms with Gasteiger partial charge in [-0.15, -0.1) is 11.3 Å². The maximum Gasteiger partial charge on any atom is 0.191 e. The van der Waals surface area contributed by atoms with E-state index in [1.807, 2.05) is 6.20 Å². The molecule has 1 aliphatic heterocycles. The van der Waals surface area contributed by atoms with Crippen molar-refractivity contribution in [2.24, 2.45) is 4.99 Å². The van der Waals surface area contributed by atoms with Gasteiger partial charge in [0.25, 0.3) is 0 Å². The predicted octanol–water partition coefficient (Wildman–Crippen LogP) is 2.91. The number of guanidine groups is 1. The average Bonchev–Trinajstić information content (AvgIpc) is 3.30. The maximum atomic E-state index is 5.01. The van der Waals surface area contributed by atoms with Gasteiger partial charge in [-0.05, 0) is 26.7 Å². The first kappa shape index (κ1) is 20.0. The third-order valence-electron chi connectivity index (χ3n) is 5.39. The Morgan fingerprint density at radius 3 is 2.69 bits per heavy atom. The molecule has 146 valence electrons. The molecule has 2 N–H and O–H groups in total. The van der Waals surface area contributed by atoms with Crippen LogP contribution in [0.5, 0.6) is 0 Å². The van der Waals surface area contributed by atoms with E-state index in [0.29, 0.717) is 5.54 Å². The lowest BCUT2D eigenvalue weighted by Gasteiger charge is -2.42. The van der Waals surface area contributed by atoms with Crippen molar-refractivity contribution < 1.29 is 0 Å². The van der Waals surface area contributed by atoms with Crippen molar-refractivity contribution in [1.29, 1.82) is 0 Å². The van der Waals surface area contributed by atoms with Gasteiger partial charge in [0.15, 0.2) is 5.96 Å². The zero-order chi connectivity index (χ0) is 18.2. The summed E-state index contributed by atoms with van der Waals surface area (Å²) in [4.78, 5) is 13.5. The summed E-state index contributed by atoms with van der Waals surface area (Å²) in [5, 5.41) is 8.12. The van der Waals surface area contributed by atoms with Gasteiger partial charge in [0.2, 0.25) is 0 Å². The number of thioether (sulfide) groups is 1. The molecule has 1 aromatic heterocycles. The summed E-state index contributed by atoms with van der Waals surface area (Å²) >= 11 is 3.88. The van der Waals surface area contributed by atoms with Crippen molar-refractivity contribution >= 4 is 29.1 Å². The van der Waals surface area contributed by atoms with E-state index in [2.05, 4.69) is 46.1 Å². The fourth-order valence-electron chi connectivity index (χ4n) is 4.02. The molecule has 26 heavy (non-hydrogen) atoms. The minimum atomic E-state index is 0.301. The molecule has 2 fully saturated rings. The summed E-state index contributed by atoms with van der Waals surface area (Å²) in [5.74, 6) is 3.51. The summed E-state index contributed by atoms with van der Waals surface area (Å²) < 4.78 is 0. The van der Waals surface area contributed by atoms with Gasteiger partial charge in [-0.2, -0.15) is 11.8 Å². The highest BCUT2D eigenvalue weighted by atomic mass is 32.2. The van der Waals surface area contributed by atoms with Crippen LogP contribution < -0.4 is 10.6 Å². The summed E-state index contributed by atoms with van der Waals surface area (Å²) in [5.41, 5.74) is 0.301. The average molecular weight is 396 g/mol. The molecule has 0 bridgehead atoms. The van der Waals surface area contributed by atoms with Gasteiger partial charge in [-0.25, -0.2) is 4.98 Å². The van der Waals surface area contributed by atoms with Crippen molar-refractivity contribution in [2.45, 2.75) is 51.5 Å². The minimum Gasteiger partial charge on any atom is -0.357 e. The Morgan fingerprint density at radius 1 is 1.27 bits per heavy atom. The fraction of sp³-hybridized carbons (Fsp3) is 0.789. The van der Waals surface area contributed by atoms with Gasteiger partial charge >= 0.3 is 0 Å². The van der Waals surface area contributed by atoms with Crippen LogP contribution >= 0.6 is 23.1 Å². The quantitative estimate of drug-likeness (QED) is 0.549. The molecular formula is C19H33N5S2. The minimum absolute atomic E-state index is 0.301. The Labute approximate surface area is 166 Å². The molecule has 2 aliphatic rings. The van der Waals surface area contributed by atoms with E-state index in [1.165, 1.54) is 60.2 Å². The van der Waals surface area contributed by atoms with E-state index in [0.717, 1.165) is 32.0 Å². The van der Waals surface area contributed by atoms with Gasteiger partial charge in [0.1, 0.15) is 0 Å². The van der Waals surface area contributed by atoms with Crippen molar-refractivity contribution in [2.75, 3.05) is 44.2 Å². The smallest absolute Gasteiger partial charge is 0.191 e. The highest BCUT2D eigenvalue weighted by molar-refractivity contribution is 7.99. The third kappa shape index (κ3) is 5.36. The number of aromatic nitrogens is 1. The number of aryl methyl sites for hydroxylation is 1. The van der Waals surface area contributed by atoms with Crippen LogP contribution in [0.2, 0.25) is 0 Å². The Hall–Kier alpha value is -0.790. The van der Waals surface area contributed by atoms with E-state index < -0.39 is 0 Å². The Morgan fingerprint density at radius 2 is 2.04 bits per heavy atom. The first-order chi connectivity index (χ1) is 12.7. The number of hydrogen-bond donors (Lipinski definition) is 2. The number of hydrogen-bond acceptors (Lipinski definition) is 5. The van der Waals surface area contributed by atoms with E-state index in [-0.39, 0.29) is 0 Å². The van der Waals surface area contributed by atoms with E-state index >= 15 is 0 Å². The highest BCUT2D eigenvalue weighted by Crippen LogP contribution is 2.37. The molecule has 3 rings (SSSR count). The van der Waals surface area contributed by atoms with Crippen molar-refractivity contribution in [3.8, 4) is 0 Å². The van der Waals surface area contributed by atoms with Crippen LogP contribution in [0.4, 0.5) is 0 Å². The second-order valence-corrected chi connectivity index (χ2v) is 9.81. The molecule has 0 unspecified atom stereocenters. The zero-order valence-electron chi connectivity index (χ0n) is 16.2. The van der Waals surface area contributed by atoms with Gasteiger partial charge < -0.3 is 10.6 Å². The number of aliphatic imine (C=N–C) groups is 1. The molecule has 0 atom stereocenters. The van der Waals surface area contributed by atoms with Crippen molar-refractivity contribution in [1.82, 2.24) is 20.5 Å². The molecule has 1 saturated heterocycles. The monoisotopic (exact) mass is 395 g/mol. The third-order valence-corrected chi connectivity index (χ3v) is 7.31. The topological polar surface area (TPSA) is 52.6 Å². The summed E-state index contributed by atoms with van der Waals surface area (Å²) in [6, 6.07) is 0. The predicted molar refractivity (Wildman–Crippen MR) is 115 cm³/mol. The van der Waals surface area contributed by atoms with Gasteiger partial charge in [0, 0.05) is 60.7 Å². The molecule has 7 heteroatoms. The maximum absolute atomic E-state index is 5.01. The fourth-order valence-corrected chi connectivity index (χ4v) is 5.71. The second-order valence-electron chi connectivity index (χ2n) is 7.27. The lowest BCUT2D eigenvalue weighted by molar-refractivity contribution is 0.112. The lowest BCUT2D eigenvalue weighted by atomic mass is 9.95. The van der Waals surface area contributed by atoms with Crippen molar-refractivity contribution in [3.05, 3.63) is 16.1 Å². The molecule has 0 amide bonds. The standard InChI is InChI=1S/C19H33N5S2/c1-3-20-18(21-9-6-17-22-14-16(2)26-17)23-15-19(7-4-5-8-19)24-10-12-25-13-11-24/h14H,3-13,15H2,1-2H3,(H2,20,21,23). The zero-order valence-corrected chi connectivity index (χ0v) is 17.9. The molecule has 0 radical (unpaired) electrons. The molecule has 0 aromatic carbocycles. The highest BCUT2D eigenvalue weighted by Gasteiger charge is 2.39. The van der Waals surface area contributed by atoms with E-state index in [1.54, 1.807) is 11.3 Å². The SMILES string of the molecule is CCNC(=NCC1(N2CCSCC2)CCCC1)NCCc1ncc(C)s1. The summed E-state index contributed by atoms with van der Waals surface area (Å²) in [6.07, 6.45) is 8.23. The van der Waals surface area contributed by atoms with Crippen LogP contribution in [0.25, 0.3) is 0 Å². The Balaban J connectivity index is 1.57. The largest absolute Gasteiger partial charge is 0.357 e. The molecule has 1 aromatic rings. The van der Waals surface area contributed by atoms with Crippen LogP contribution in [-0.4, -0.2) is 65.6 Å². The van der Waals surface area contributed by atoms with Gasteiger partial charge in [0.05, 0.1) is 11.6 Å². The first-order valence-corrected chi connectivity index (χ1v) is 12.0. The number of rotatable bonds is 7. The van der Waals surface area contributed by atoms with Gasteiger partial charge in [-0.1, -0.05) is 12.8 Å². The first-order valence-electron chi connectivity index (χ1n) is 9.98. The van der Waals surface area contributed by atoms with Crippen LogP contribution in [0.1, 0.15) is 42.5 Å². The Kier molecular flexibility index (Phi) is 7.64. The number of nitrogens with one attached hydrogen (secondary N) is 2. The van der Waals surface area contributed by atoms with Crippen LogP contribution in [0.3, 0.4) is 0 Å². The molecule has 2 heterocycles. The number of thiazole rings is 1. The normalized spacial score (nSPS) is 21.1. The number of nitrogens with zero attached hydrogens (tertiary/aromatic N) is 3. The van der Waals surface area contributed by atoms with E-state index in [4.69, 9.17) is 4.99 Å². The van der Waals surface area contributed by atoms with Gasteiger partial charge in [-0.3, -0.25) is 9.89 Å². The molecule has 1 saturated carbocycles. The van der Waals surface area contributed by atoms with Crippen LogP contribution in [0, 0.1) is 6.92 Å². The Bertz CT molecular complexity index is 574. The summed E-state index contributed by atoms with van der Waals surface area (Å²) in [7, 11) is 0. The van der Waals surface area contributed by atoms with Crippen LogP contribution in [-0.2, 0) is 6.42 Å². The van der Waals surface area contributed by atoms with E-state index in [9.17, 15) is 0 Å². The lowest BCUT2D eigenvalue weighted by Crippen LogP contribution is -2.53. The molecular weight excluding hydrogens is 362 g/mol. The summed E-state index contributed by atoms with van der Waals surface area (Å²) in [6.45, 7) is 9.40. The molecule has 0 spiro atoms. The van der Waals surface area contributed by atoms with Crippen LogP contribution in [0.15, 0.2) is 11.2 Å².